The maximum Gasteiger partial charge on any atom is 0.162 e. The summed E-state index contributed by atoms with van der Waals surface area (Å²) in [5.41, 5.74) is 1.36. The van der Waals surface area contributed by atoms with Crippen molar-refractivity contribution in [2.24, 2.45) is 0 Å². The lowest BCUT2D eigenvalue weighted by Crippen LogP contribution is -2.04. The van der Waals surface area contributed by atoms with Crippen LogP contribution in [0.5, 0.6) is 0 Å². The molecule has 0 saturated carbocycles. The van der Waals surface area contributed by atoms with Crippen LogP contribution in [0.4, 0.5) is 4.39 Å². The molecule has 0 fully saturated rings. The molecule has 1 aromatic heterocycles. The third-order valence-corrected chi connectivity index (χ3v) is 2.43. The van der Waals surface area contributed by atoms with Crippen molar-refractivity contribution >= 4 is 0 Å². The Morgan fingerprint density at radius 2 is 2.17 bits per heavy atom. The first kappa shape index (κ1) is 12.7. The number of ether oxygens (including phenoxy) is 1. The Bertz CT molecular complexity index is 499. The molecule has 1 N–H and O–H groups in total. The summed E-state index contributed by atoms with van der Waals surface area (Å²) in [5.74, 6) is 0.377. The number of nitrogens with zero attached hydrogens (tertiary/aromatic N) is 1. The van der Waals surface area contributed by atoms with Gasteiger partial charge >= 0.3 is 0 Å². The van der Waals surface area contributed by atoms with Crippen molar-refractivity contribution in [2.45, 2.75) is 19.8 Å². The molecule has 0 saturated heterocycles. The van der Waals surface area contributed by atoms with Gasteiger partial charge in [0.15, 0.2) is 5.76 Å². The number of rotatable bonds is 6. The number of hydrogen-bond acceptors (Lipinski definition) is 4. The molecule has 0 spiro atoms. The Morgan fingerprint density at radius 1 is 1.33 bits per heavy atom. The quantitative estimate of drug-likeness (QED) is 0.854. The zero-order valence-electron chi connectivity index (χ0n) is 10.1. The van der Waals surface area contributed by atoms with Gasteiger partial charge in [-0.05, 0) is 13.1 Å². The number of hydrogen-bond donors (Lipinski definition) is 1. The van der Waals surface area contributed by atoms with Gasteiger partial charge in [0, 0.05) is 18.2 Å². The molecule has 1 heterocycles. The molecule has 0 aliphatic heterocycles. The molecule has 5 heteroatoms. The van der Waals surface area contributed by atoms with E-state index in [4.69, 9.17) is 9.26 Å². The van der Waals surface area contributed by atoms with Crippen molar-refractivity contribution in [3.8, 4) is 0 Å². The molecule has 1 aromatic carbocycles. The third-order valence-electron chi connectivity index (χ3n) is 2.43. The van der Waals surface area contributed by atoms with Crippen LogP contribution in [0.25, 0.3) is 0 Å². The van der Waals surface area contributed by atoms with Crippen molar-refractivity contribution in [3.63, 3.8) is 0 Å². The number of benzene rings is 1. The Morgan fingerprint density at radius 3 is 2.94 bits per heavy atom. The van der Waals surface area contributed by atoms with E-state index in [-0.39, 0.29) is 19.0 Å². The summed E-state index contributed by atoms with van der Waals surface area (Å²) < 4.78 is 23.8. The largest absolute Gasteiger partial charge is 0.369 e. The highest BCUT2D eigenvalue weighted by Crippen LogP contribution is 2.10. The zero-order valence-corrected chi connectivity index (χ0v) is 10.1. The maximum atomic E-state index is 13.3. The fourth-order valence-corrected chi connectivity index (χ4v) is 1.57. The first-order valence-electron chi connectivity index (χ1n) is 5.70. The summed E-state index contributed by atoms with van der Waals surface area (Å²) >= 11 is 0. The van der Waals surface area contributed by atoms with Crippen LogP contribution in [0.1, 0.15) is 17.0 Å². The molecule has 2 aromatic rings. The first-order valence-corrected chi connectivity index (χ1v) is 5.70. The summed E-state index contributed by atoms with van der Waals surface area (Å²) in [7, 11) is 1.84. The number of halogens is 1. The van der Waals surface area contributed by atoms with Gasteiger partial charge < -0.3 is 14.6 Å². The predicted molar refractivity (Wildman–Crippen MR) is 64.2 cm³/mol. The van der Waals surface area contributed by atoms with E-state index < -0.39 is 0 Å². The highest BCUT2D eigenvalue weighted by atomic mass is 19.1. The van der Waals surface area contributed by atoms with Gasteiger partial charge in [0.1, 0.15) is 12.4 Å². The van der Waals surface area contributed by atoms with Crippen molar-refractivity contribution < 1.29 is 13.7 Å². The predicted octanol–water partition coefficient (Wildman–Crippen LogP) is 2.25. The summed E-state index contributed by atoms with van der Waals surface area (Å²) in [5, 5.41) is 6.83. The average Bonchev–Trinajstić information content (AvgIpc) is 2.80. The molecular formula is C13H15FN2O2. The lowest BCUT2D eigenvalue weighted by Gasteiger charge is -2.02. The van der Waals surface area contributed by atoms with Crippen LogP contribution in [0.2, 0.25) is 0 Å². The Hall–Kier alpha value is -1.72. The Kier molecular flexibility index (Phi) is 4.44. The molecule has 0 unspecified atom stereocenters. The standard InChI is InChI=1S/C13H15FN2O2/c1-15-7-11-6-12(18-16-11)9-17-8-10-4-2-3-5-13(10)14/h2-6,15H,7-9H2,1H3. The van der Waals surface area contributed by atoms with E-state index in [2.05, 4.69) is 10.5 Å². The molecule has 0 atom stereocenters. The van der Waals surface area contributed by atoms with Crippen molar-refractivity contribution in [3.05, 3.63) is 53.2 Å². The smallest absolute Gasteiger partial charge is 0.162 e. The molecule has 18 heavy (non-hydrogen) atoms. The molecule has 0 amide bonds. The van der Waals surface area contributed by atoms with Gasteiger partial charge in [0.25, 0.3) is 0 Å². The second-order valence-corrected chi connectivity index (χ2v) is 3.90. The van der Waals surface area contributed by atoms with Crippen LogP contribution >= 0.6 is 0 Å². The summed E-state index contributed by atoms with van der Waals surface area (Å²) in [4.78, 5) is 0. The van der Waals surface area contributed by atoms with E-state index in [1.165, 1.54) is 6.07 Å². The molecule has 0 radical (unpaired) electrons. The van der Waals surface area contributed by atoms with Crippen LogP contribution in [0.3, 0.4) is 0 Å². The third kappa shape index (κ3) is 3.38. The molecule has 0 aliphatic carbocycles. The number of aromatic nitrogens is 1. The number of nitrogens with one attached hydrogen (secondary N) is 1. The lowest BCUT2D eigenvalue weighted by molar-refractivity contribution is 0.0864. The minimum Gasteiger partial charge on any atom is -0.369 e. The maximum absolute atomic E-state index is 13.3. The monoisotopic (exact) mass is 250 g/mol. The summed E-state index contributed by atoms with van der Waals surface area (Å²) in [6.07, 6.45) is 0. The van der Waals surface area contributed by atoms with Gasteiger partial charge in [0.2, 0.25) is 0 Å². The van der Waals surface area contributed by atoms with Crippen LogP contribution in [0.15, 0.2) is 34.9 Å². The second kappa shape index (κ2) is 6.28. The Labute approximate surface area is 105 Å². The van der Waals surface area contributed by atoms with Crippen LogP contribution in [-0.2, 0) is 24.5 Å². The fourth-order valence-electron chi connectivity index (χ4n) is 1.57. The zero-order chi connectivity index (χ0) is 12.8. The van der Waals surface area contributed by atoms with Gasteiger partial charge in [-0.3, -0.25) is 0 Å². The molecule has 4 nitrogen and oxygen atoms in total. The van der Waals surface area contributed by atoms with Gasteiger partial charge in [-0.25, -0.2) is 4.39 Å². The molecule has 2 rings (SSSR count). The topological polar surface area (TPSA) is 47.3 Å². The molecular weight excluding hydrogens is 235 g/mol. The Balaban J connectivity index is 1.83. The average molecular weight is 250 g/mol. The van der Waals surface area contributed by atoms with E-state index >= 15 is 0 Å². The van der Waals surface area contributed by atoms with Gasteiger partial charge in [-0.2, -0.15) is 0 Å². The minimum atomic E-state index is -0.258. The fraction of sp³-hybridized carbons (Fsp3) is 0.308. The highest BCUT2D eigenvalue weighted by Gasteiger charge is 2.05. The van der Waals surface area contributed by atoms with Crippen LogP contribution in [0, 0.1) is 5.82 Å². The van der Waals surface area contributed by atoms with Gasteiger partial charge in [-0.15, -0.1) is 0 Å². The van der Waals surface area contributed by atoms with Crippen LogP contribution in [-0.4, -0.2) is 12.2 Å². The molecule has 0 bridgehead atoms. The van der Waals surface area contributed by atoms with Crippen molar-refractivity contribution in [1.29, 1.82) is 0 Å². The van der Waals surface area contributed by atoms with E-state index in [9.17, 15) is 4.39 Å². The van der Waals surface area contributed by atoms with E-state index in [0.717, 1.165) is 5.69 Å². The van der Waals surface area contributed by atoms with E-state index in [1.807, 2.05) is 13.1 Å². The van der Waals surface area contributed by atoms with Crippen molar-refractivity contribution in [2.75, 3.05) is 7.05 Å². The SMILES string of the molecule is CNCc1cc(COCc2ccccc2F)on1. The normalized spacial score (nSPS) is 10.8. The molecule has 96 valence electrons. The van der Waals surface area contributed by atoms with Crippen LogP contribution < -0.4 is 5.32 Å². The van der Waals surface area contributed by atoms with Crippen molar-refractivity contribution in [1.82, 2.24) is 10.5 Å². The second-order valence-electron chi connectivity index (χ2n) is 3.90. The molecule has 0 aliphatic rings. The van der Waals surface area contributed by atoms with Gasteiger partial charge in [0.05, 0.1) is 12.3 Å². The lowest BCUT2D eigenvalue weighted by atomic mass is 10.2. The van der Waals surface area contributed by atoms with Gasteiger partial charge in [-0.1, -0.05) is 23.4 Å². The van der Waals surface area contributed by atoms with E-state index in [1.54, 1.807) is 18.2 Å². The first-order chi connectivity index (χ1) is 8.79. The minimum absolute atomic E-state index is 0.217. The highest BCUT2D eigenvalue weighted by molar-refractivity contribution is 5.16. The summed E-state index contributed by atoms with van der Waals surface area (Å²) in [6, 6.07) is 8.36. The summed E-state index contributed by atoms with van der Waals surface area (Å²) in [6.45, 7) is 1.15. The van der Waals surface area contributed by atoms with E-state index in [0.29, 0.717) is 17.9 Å².